The number of para-hydroxylation sites is 8. The molecule has 32 nitrogen and oxygen atoms in total. The Morgan fingerprint density at radius 3 is 0.391 bits per heavy atom. The van der Waals surface area contributed by atoms with E-state index < -0.39 is 124 Å². The fourth-order valence-corrected chi connectivity index (χ4v) is 14.1. The highest BCUT2D eigenvalue weighted by Crippen LogP contribution is 2.52. The third-order valence-electron chi connectivity index (χ3n) is 21.0. The number of benzene rings is 12. The van der Waals surface area contributed by atoms with Crippen molar-refractivity contribution in [3.05, 3.63) is 336 Å². The topological polar surface area (TPSA) is 398 Å². The Morgan fingerprint density at radius 2 is 0.289 bits per heavy atom. The van der Waals surface area contributed by atoms with Crippen LogP contribution >= 0.6 is 0 Å². The van der Waals surface area contributed by atoms with Crippen molar-refractivity contribution >= 4 is 92.8 Å². The van der Waals surface area contributed by atoms with E-state index in [9.17, 15) is 80.0 Å². The van der Waals surface area contributed by atoms with Crippen LogP contribution in [0.25, 0.3) is 0 Å². The quantitative estimate of drug-likeness (QED) is 0.0143. The van der Waals surface area contributed by atoms with E-state index in [1.807, 2.05) is 0 Å². The fourth-order valence-electron chi connectivity index (χ4n) is 14.1. The molecule has 0 fully saturated rings. The monoisotopic (exact) mass is 1740 g/mol. The molecule has 13 rings (SSSR count). The largest absolute Gasteiger partial charge is 0.483 e. The minimum absolute atomic E-state index is 0.0405. The highest BCUT2D eigenvalue weighted by atomic mass is 16.6. The van der Waals surface area contributed by atoms with Crippen LogP contribution in [0.4, 0.5) is 45.5 Å². The second-order valence-corrected chi connectivity index (χ2v) is 29.2. The lowest BCUT2D eigenvalue weighted by atomic mass is 9.80. The zero-order valence-electron chi connectivity index (χ0n) is 69.4. The van der Waals surface area contributed by atoms with Gasteiger partial charge in [-0.05, 0) is 121 Å². The van der Waals surface area contributed by atoms with Crippen molar-refractivity contribution in [2.24, 2.45) is 0 Å². The Hall–Kier alpha value is -15.5. The second-order valence-electron chi connectivity index (χ2n) is 29.2. The maximum Gasteiger partial charge on any atom is 0.288 e. The van der Waals surface area contributed by atoms with Crippen molar-refractivity contribution in [2.75, 3.05) is 93.4 Å². The molecule has 656 valence electrons. The predicted molar refractivity (Wildman–Crippen MR) is 466 cm³/mol. The number of hydrogen-bond acceptors (Lipinski definition) is 24. The Balaban J connectivity index is 1.10. The molecule has 0 spiro atoms. The van der Waals surface area contributed by atoms with Gasteiger partial charge in [0.2, 0.25) is 0 Å². The highest BCUT2D eigenvalue weighted by Gasteiger charge is 2.36. The summed E-state index contributed by atoms with van der Waals surface area (Å²) >= 11 is 0. The number of hydroxylamine groups is 8. The number of amides is 8. The van der Waals surface area contributed by atoms with Crippen LogP contribution in [0, 0.1) is 0 Å². The molecule has 1 aliphatic carbocycles. The molecule has 0 saturated carbocycles. The highest BCUT2D eigenvalue weighted by molar-refractivity contribution is 5.97. The van der Waals surface area contributed by atoms with Gasteiger partial charge in [-0.1, -0.05) is 173 Å². The summed E-state index contributed by atoms with van der Waals surface area (Å²) in [5, 5.41) is 95.2. The summed E-state index contributed by atoms with van der Waals surface area (Å²) in [6.45, 7) is -0.919. The van der Waals surface area contributed by atoms with Gasteiger partial charge in [0.1, 0.15) is 46.0 Å². The van der Waals surface area contributed by atoms with Gasteiger partial charge in [0.05, 0.1) is 45.5 Å². The number of carbonyl (C=O) groups excluding carboxylic acids is 8. The Kier molecular flexibility index (Phi) is 29.4. The molecule has 0 aromatic heterocycles. The molecular weight excluding hydrogens is 1650 g/mol. The van der Waals surface area contributed by atoms with Crippen molar-refractivity contribution in [1.82, 2.24) is 0 Å². The van der Waals surface area contributed by atoms with Gasteiger partial charge in [0.25, 0.3) is 47.3 Å². The van der Waals surface area contributed by atoms with Crippen molar-refractivity contribution in [3.63, 3.8) is 0 Å². The molecule has 0 aliphatic heterocycles. The molecule has 0 heterocycles. The van der Waals surface area contributed by atoms with E-state index in [1.165, 1.54) is 121 Å². The first kappa shape index (κ1) is 90.2. The third-order valence-corrected chi connectivity index (χ3v) is 21.0. The van der Waals surface area contributed by atoms with Gasteiger partial charge < -0.3 is 37.9 Å². The SMILES string of the molecule is CC1c2cc(c(OCC(=O)N(O)c3ccccc3)cc2OCC(=O)N(O)c2ccccc2)C(C)c2cc(c(OCC(=O)N(O)c3ccccc3)cc2OCC(=O)N(O)c2ccccc2)C(C)c2cc(c(OCC(=O)N(O)c3ccccc3)cc2OCC(=O)N(O)c2ccccc2)C(C)c2cc1c(OCC(=O)N(O)c1ccccc1)cc2OCC(=O)N(O)c1ccccc1. The van der Waals surface area contributed by atoms with Crippen molar-refractivity contribution in [2.45, 2.75) is 51.4 Å². The predicted octanol–water partition coefficient (Wildman–Crippen LogP) is 15.0. The first-order valence-corrected chi connectivity index (χ1v) is 40.1. The maximum absolute atomic E-state index is 14.5. The van der Waals surface area contributed by atoms with Gasteiger partial charge in [0, 0.05) is 92.4 Å². The van der Waals surface area contributed by atoms with Gasteiger partial charge in [-0.25, -0.2) is 0 Å². The van der Waals surface area contributed by atoms with Gasteiger partial charge in [-0.3, -0.25) is 80.0 Å². The normalized spacial score (nSPS) is 13.7. The van der Waals surface area contributed by atoms with Crippen molar-refractivity contribution in [3.8, 4) is 46.0 Å². The first-order valence-electron chi connectivity index (χ1n) is 40.1. The van der Waals surface area contributed by atoms with Gasteiger partial charge in [-0.15, -0.1) is 0 Å². The van der Waals surface area contributed by atoms with Gasteiger partial charge in [-0.2, -0.15) is 40.5 Å². The molecule has 0 atom stereocenters. The molecule has 12 aromatic carbocycles. The van der Waals surface area contributed by atoms with Crippen LogP contribution in [0.5, 0.6) is 46.0 Å². The molecule has 0 unspecified atom stereocenters. The number of nitrogens with zero attached hydrogens (tertiary/aromatic N) is 8. The van der Waals surface area contributed by atoms with E-state index >= 15 is 0 Å². The van der Waals surface area contributed by atoms with Crippen LogP contribution < -0.4 is 78.4 Å². The average molecular weight is 1740 g/mol. The van der Waals surface area contributed by atoms with Crippen molar-refractivity contribution < 1.29 is 118 Å². The molecule has 32 heteroatoms. The number of carbonyl (C=O) groups is 8. The fraction of sp³-hybridized carbons (Fsp3) is 0.167. The van der Waals surface area contributed by atoms with Crippen LogP contribution in [-0.4, -0.2) is 142 Å². The molecule has 0 radical (unpaired) electrons. The van der Waals surface area contributed by atoms with E-state index in [4.69, 9.17) is 37.9 Å². The zero-order valence-corrected chi connectivity index (χ0v) is 69.4. The third kappa shape index (κ3) is 21.4. The summed E-state index contributed by atoms with van der Waals surface area (Å²) in [5.41, 5.74) is 1.14. The summed E-state index contributed by atoms with van der Waals surface area (Å²) in [7, 11) is 0. The smallest absolute Gasteiger partial charge is 0.288 e. The second kappa shape index (κ2) is 41.8. The minimum atomic E-state index is -1.24. The van der Waals surface area contributed by atoms with E-state index in [1.54, 1.807) is 198 Å². The first-order chi connectivity index (χ1) is 61.8. The molecule has 8 N–H and O–H groups in total. The molecule has 8 bridgehead atoms. The molecule has 0 saturated heterocycles. The van der Waals surface area contributed by atoms with Crippen molar-refractivity contribution in [1.29, 1.82) is 0 Å². The lowest BCUT2D eigenvalue weighted by Crippen LogP contribution is -2.33. The summed E-state index contributed by atoms with van der Waals surface area (Å²) in [6.07, 6.45) is 0. The lowest BCUT2D eigenvalue weighted by Gasteiger charge is -2.30. The number of anilines is 8. The Labute approximate surface area is 733 Å². The number of rotatable bonds is 32. The van der Waals surface area contributed by atoms with E-state index in [-0.39, 0.29) is 136 Å². The summed E-state index contributed by atoms with van der Waals surface area (Å²) in [6, 6.07) is 73.4. The van der Waals surface area contributed by atoms with Crippen LogP contribution in [0.3, 0.4) is 0 Å². The molecule has 12 aromatic rings. The van der Waals surface area contributed by atoms with Crippen LogP contribution in [0.2, 0.25) is 0 Å². The Bertz CT molecular complexity index is 4860. The van der Waals surface area contributed by atoms with E-state index in [2.05, 4.69) is 0 Å². The van der Waals surface area contributed by atoms with E-state index in [0.29, 0.717) is 40.5 Å². The maximum atomic E-state index is 14.5. The summed E-state index contributed by atoms with van der Waals surface area (Å²) < 4.78 is 52.9. The number of fused-ring (bicyclic) bond motifs is 8. The number of hydrogen-bond donors (Lipinski definition) is 8. The summed E-state index contributed by atoms with van der Waals surface area (Å²) in [5.74, 6) is -14.8. The van der Waals surface area contributed by atoms with Gasteiger partial charge >= 0.3 is 0 Å². The standard InChI is InChI=1S/C96H88N8O24/c1-61-73-45-75(83(123-55-91(107)99(115)67-33-17-7-18-34-67)49-81(73)121-53-89(105)97(113)65-29-13-5-14-30-65)62(2)77-47-79(87(127-59-95(111)103(119)71-41-25-11-26-42-71)51-85(77)125-57-93(109)101(117)69-37-21-9-22-38-69)64(4)80-48-78(86(126-58-94(110)102(118)70-39-23-10-24-40-70)52-88(80)128-60-96(112)104(120)72-43-27-12-28-44-72)63(3)76-46-74(61)82(122-54-90(106)98(114)66-31-15-6-16-32-66)50-84(76)124-56-92(108)100(116)68-35-19-8-20-36-68/h5-52,61-64,113-120H,53-60H2,1-4H3. The van der Waals surface area contributed by atoms with Crippen LogP contribution in [0.1, 0.15) is 95.9 Å². The zero-order chi connectivity index (χ0) is 90.7. The number of ether oxygens (including phenoxy) is 8. The molecule has 8 amide bonds. The van der Waals surface area contributed by atoms with E-state index in [0.717, 1.165) is 0 Å². The van der Waals surface area contributed by atoms with Crippen LogP contribution in [-0.2, 0) is 38.4 Å². The lowest BCUT2D eigenvalue weighted by molar-refractivity contribution is -0.126. The molecule has 1 aliphatic rings. The Morgan fingerprint density at radius 1 is 0.188 bits per heavy atom. The molecular formula is C96H88N8O24. The minimum Gasteiger partial charge on any atom is -0.483 e. The summed E-state index contributed by atoms with van der Waals surface area (Å²) in [4.78, 5) is 116. The van der Waals surface area contributed by atoms with Crippen LogP contribution in [0.15, 0.2) is 291 Å². The van der Waals surface area contributed by atoms with Gasteiger partial charge in [0.15, 0.2) is 52.9 Å². The average Bonchev–Trinajstić information content (AvgIpc) is 0.748. The molecule has 128 heavy (non-hydrogen) atoms.